The fourth-order valence-corrected chi connectivity index (χ4v) is 3.73. The molecule has 2 saturated heterocycles. The SMILES string of the molecule is O=C(COc1nsnc1N1CCOCC1)Nc1ccc(C(=O)N2CCOCC2)cc1. The molecule has 0 saturated carbocycles. The second kappa shape index (κ2) is 9.83. The minimum Gasteiger partial charge on any atom is -0.464 e. The number of rotatable bonds is 6. The van der Waals surface area contributed by atoms with Gasteiger partial charge in [-0.2, -0.15) is 4.37 Å². The van der Waals surface area contributed by atoms with Gasteiger partial charge < -0.3 is 29.3 Å². The number of hydrogen-bond donors (Lipinski definition) is 1. The molecular formula is C19H23N5O5S. The summed E-state index contributed by atoms with van der Waals surface area (Å²) in [6.45, 7) is 4.79. The summed E-state index contributed by atoms with van der Waals surface area (Å²) in [4.78, 5) is 28.5. The second-order valence-electron chi connectivity index (χ2n) is 6.81. The van der Waals surface area contributed by atoms with Crippen LogP contribution in [-0.4, -0.2) is 84.7 Å². The number of amides is 2. The van der Waals surface area contributed by atoms with Crippen molar-refractivity contribution >= 4 is 35.0 Å². The van der Waals surface area contributed by atoms with Crippen molar-refractivity contribution in [3.8, 4) is 5.88 Å². The van der Waals surface area contributed by atoms with Gasteiger partial charge in [-0.1, -0.05) is 0 Å². The third-order valence-corrected chi connectivity index (χ3v) is 5.31. The van der Waals surface area contributed by atoms with E-state index >= 15 is 0 Å². The monoisotopic (exact) mass is 433 g/mol. The van der Waals surface area contributed by atoms with Crippen LogP contribution in [0.2, 0.25) is 0 Å². The first-order valence-electron chi connectivity index (χ1n) is 9.76. The van der Waals surface area contributed by atoms with E-state index in [0.717, 1.165) is 11.7 Å². The molecule has 0 spiro atoms. The molecule has 0 radical (unpaired) electrons. The Morgan fingerprint density at radius 2 is 1.67 bits per heavy atom. The van der Waals surface area contributed by atoms with Crippen LogP contribution >= 0.6 is 11.7 Å². The summed E-state index contributed by atoms with van der Waals surface area (Å²) in [6, 6.07) is 6.81. The summed E-state index contributed by atoms with van der Waals surface area (Å²) >= 11 is 1.05. The minimum absolute atomic E-state index is 0.0359. The number of anilines is 2. The van der Waals surface area contributed by atoms with Crippen molar-refractivity contribution in [1.29, 1.82) is 0 Å². The Labute approximate surface area is 178 Å². The topological polar surface area (TPSA) is 106 Å². The van der Waals surface area contributed by atoms with Crippen molar-refractivity contribution in [2.75, 3.05) is 69.4 Å². The average Bonchev–Trinajstić information content (AvgIpc) is 3.28. The molecule has 1 aromatic heterocycles. The van der Waals surface area contributed by atoms with Crippen molar-refractivity contribution in [3.05, 3.63) is 29.8 Å². The van der Waals surface area contributed by atoms with E-state index in [-0.39, 0.29) is 18.4 Å². The van der Waals surface area contributed by atoms with Gasteiger partial charge in [0, 0.05) is 37.4 Å². The molecule has 2 aromatic rings. The molecule has 0 bridgehead atoms. The predicted molar refractivity (Wildman–Crippen MR) is 110 cm³/mol. The van der Waals surface area contributed by atoms with Crippen LogP contribution in [0.25, 0.3) is 0 Å². The zero-order chi connectivity index (χ0) is 20.8. The van der Waals surface area contributed by atoms with Gasteiger partial charge in [-0.05, 0) is 24.3 Å². The number of aromatic nitrogens is 2. The molecule has 160 valence electrons. The highest BCUT2D eigenvalue weighted by Crippen LogP contribution is 2.26. The van der Waals surface area contributed by atoms with E-state index in [4.69, 9.17) is 14.2 Å². The Morgan fingerprint density at radius 3 is 2.37 bits per heavy atom. The Kier molecular flexibility index (Phi) is 6.72. The summed E-state index contributed by atoms with van der Waals surface area (Å²) < 4.78 is 24.6. The Hall–Kier alpha value is -2.76. The Balaban J connectivity index is 1.28. The van der Waals surface area contributed by atoms with Crippen molar-refractivity contribution < 1.29 is 23.8 Å². The fourth-order valence-electron chi connectivity index (χ4n) is 3.21. The van der Waals surface area contributed by atoms with E-state index in [1.165, 1.54) is 0 Å². The number of morpholine rings is 2. The summed E-state index contributed by atoms with van der Waals surface area (Å²) in [6.07, 6.45) is 0. The Morgan fingerprint density at radius 1 is 1.00 bits per heavy atom. The van der Waals surface area contributed by atoms with E-state index in [2.05, 4.69) is 14.1 Å². The highest BCUT2D eigenvalue weighted by molar-refractivity contribution is 6.99. The highest BCUT2D eigenvalue weighted by atomic mass is 32.1. The molecule has 2 fully saturated rings. The van der Waals surface area contributed by atoms with Crippen molar-refractivity contribution in [3.63, 3.8) is 0 Å². The molecule has 4 rings (SSSR count). The quantitative estimate of drug-likeness (QED) is 0.715. The largest absolute Gasteiger partial charge is 0.464 e. The number of carbonyl (C=O) groups is 2. The summed E-state index contributed by atoms with van der Waals surface area (Å²) in [5.41, 5.74) is 1.17. The zero-order valence-electron chi connectivity index (χ0n) is 16.4. The molecule has 30 heavy (non-hydrogen) atoms. The second-order valence-corrected chi connectivity index (χ2v) is 7.34. The summed E-state index contributed by atoms with van der Waals surface area (Å²) in [5.74, 6) is 0.639. The molecule has 0 unspecified atom stereocenters. The number of hydrogen-bond acceptors (Lipinski definition) is 9. The molecular weight excluding hydrogens is 410 g/mol. The molecule has 0 aliphatic carbocycles. The van der Waals surface area contributed by atoms with Gasteiger partial charge in [-0.3, -0.25) is 9.59 Å². The molecule has 1 aromatic carbocycles. The zero-order valence-corrected chi connectivity index (χ0v) is 17.2. The minimum atomic E-state index is -0.316. The number of nitrogens with one attached hydrogen (secondary N) is 1. The van der Waals surface area contributed by atoms with Gasteiger partial charge in [0.2, 0.25) is 5.82 Å². The van der Waals surface area contributed by atoms with E-state index in [1.54, 1.807) is 29.2 Å². The first kappa shape index (κ1) is 20.5. The standard InChI is InChI=1S/C19H23N5O5S/c25-16(13-29-18-17(21-30-22-18)23-5-9-27-10-6-23)20-15-3-1-14(2-4-15)19(26)24-7-11-28-12-8-24/h1-4H,5-13H2,(H,20,25). The van der Waals surface area contributed by atoms with Crippen LogP contribution in [0.3, 0.4) is 0 Å². The maximum atomic E-state index is 12.5. The maximum Gasteiger partial charge on any atom is 0.271 e. The smallest absolute Gasteiger partial charge is 0.271 e. The lowest BCUT2D eigenvalue weighted by Crippen LogP contribution is -2.40. The van der Waals surface area contributed by atoms with E-state index < -0.39 is 0 Å². The fraction of sp³-hybridized carbons (Fsp3) is 0.474. The van der Waals surface area contributed by atoms with Crippen LogP contribution in [-0.2, 0) is 14.3 Å². The summed E-state index contributed by atoms with van der Waals surface area (Å²) in [5, 5.41) is 2.76. The lowest BCUT2D eigenvalue weighted by atomic mass is 10.1. The number of carbonyl (C=O) groups excluding carboxylic acids is 2. The van der Waals surface area contributed by atoms with Gasteiger partial charge >= 0.3 is 0 Å². The normalized spacial score (nSPS) is 16.9. The van der Waals surface area contributed by atoms with Crippen LogP contribution in [0.4, 0.5) is 11.5 Å². The van der Waals surface area contributed by atoms with Crippen LogP contribution < -0.4 is 15.0 Å². The predicted octanol–water partition coefficient (Wildman–Crippen LogP) is 0.865. The van der Waals surface area contributed by atoms with Crippen LogP contribution in [0.1, 0.15) is 10.4 Å². The third kappa shape index (κ3) is 5.04. The van der Waals surface area contributed by atoms with Crippen molar-refractivity contribution in [2.24, 2.45) is 0 Å². The molecule has 11 heteroatoms. The first-order chi connectivity index (χ1) is 14.7. The first-order valence-corrected chi connectivity index (χ1v) is 10.5. The number of ether oxygens (including phenoxy) is 3. The van der Waals surface area contributed by atoms with Crippen molar-refractivity contribution in [1.82, 2.24) is 13.6 Å². The van der Waals surface area contributed by atoms with Crippen LogP contribution in [0.5, 0.6) is 5.88 Å². The van der Waals surface area contributed by atoms with E-state index in [1.807, 2.05) is 4.90 Å². The van der Waals surface area contributed by atoms with Gasteiger partial charge in [-0.15, -0.1) is 4.37 Å². The molecule has 0 atom stereocenters. The van der Waals surface area contributed by atoms with Gasteiger partial charge in [0.25, 0.3) is 17.7 Å². The molecule has 1 N–H and O–H groups in total. The molecule has 2 aliphatic rings. The maximum absolute atomic E-state index is 12.5. The molecule has 2 amide bonds. The number of benzene rings is 1. The molecule has 10 nitrogen and oxygen atoms in total. The van der Waals surface area contributed by atoms with Crippen LogP contribution in [0.15, 0.2) is 24.3 Å². The Bertz CT molecular complexity index is 862. The average molecular weight is 433 g/mol. The lowest BCUT2D eigenvalue weighted by molar-refractivity contribution is -0.118. The van der Waals surface area contributed by atoms with Gasteiger partial charge in [-0.25, -0.2) is 0 Å². The molecule has 2 aliphatic heterocycles. The van der Waals surface area contributed by atoms with E-state index in [0.29, 0.717) is 75.6 Å². The van der Waals surface area contributed by atoms with E-state index in [9.17, 15) is 9.59 Å². The van der Waals surface area contributed by atoms with Gasteiger partial charge in [0.1, 0.15) is 0 Å². The van der Waals surface area contributed by atoms with Crippen LogP contribution in [0, 0.1) is 0 Å². The number of nitrogens with zero attached hydrogens (tertiary/aromatic N) is 4. The van der Waals surface area contributed by atoms with Gasteiger partial charge in [0.05, 0.1) is 38.2 Å². The molecule has 3 heterocycles. The highest BCUT2D eigenvalue weighted by Gasteiger charge is 2.21. The van der Waals surface area contributed by atoms with Crippen molar-refractivity contribution in [2.45, 2.75) is 0 Å². The van der Waals surface area contributed by atoms with Gasteiger partial charge in [0.15, 0.2) is 6.61 Å². The third-order valence-electron chi connectivity index (χ3n) is 4.81. The lowest BCUT2D eigenvalue weighted by Gasteiger charge is -2.27. The summed E-state index contributed by atoms with van der Waals surface area (Å²) in [7, 11) is 0.